The normalized spacial score (nSPS) is 10.6. The monoisotopic (exact) mass is 340 g/mol. The van der Waals surface area contributed by atoms with Crippen molar-refractivity contribution >= 4 is 23.4 Å². The smallest absolute Gasteiger partial charge is 0.358 e. The first-order valence-corrected chi connectivity index (χ1v) is 7.42. The summed E-state index contributed by atoms with van der Waals surface area (Å²) in [6.45, 7) is 2.13. The Morgan fingerprint density at radius 3 is 2.80 bits per heavy atom. The zero-order valence-corrected chi connectivity index (χ0v) is 13.4. The van der Waals surface area contributed by atoms with Gasteiger partial charge >= 0.3 is 5.97 Å². The number of aromatic amines is 1. The number of rotatable bonds is 7. The Kier molecular flexibility index (Phi) is 6.24. The minimum Gasteiger partial charge on any atom is -0.461 e. The highest BCUT2D eigenvalue weighted by atomic mass is 16.5. The number of carbonyl (C=O) groups is 2. The van der Waals surface area contributed by atoms with E-state index in [2.05, 4.69) is 25.8 Å². The lowest BCUT2D eigenvalue weighted by molar-refractivity contribution is -0.114. The molecule has 128 valence electrons. The summed E-state index contributed by atoms with van der Waals surface area (Å²) in [5.41, 5.74) is 2.97. The van der Waals surface area contributed by atoms with Crippen LogP contribution in [0.4, 0.5) is 5.82 Å². The van der Waals surface area contributed by atoms with Gasteiger partial charge in [-0.1, -0.05) is 30.3 Å². The molecule has 1 aromatic heterocycles. The number of benzene rings is 1. The quantitative estimate of drug-likeness (QED) is 0.394. The minimum absolute atomic E-state index is 0.0487. The molecule has 1 amide bonds. The van der Waals surface area contributed by atoms with Crippen LogP contribution in [-0.4, -0.2) is 34.2 Å². The summed E-state index contributed by atoms with van der Waals surface area (Å²) >= 11 is 0. The second-order valence-electron chi connectivity index (χ2n) is 4.70. The van der Waals surface area contributed by atoms with Crippen LogP contribution in [0.2, 0.25) is 0 Å². The van der Waals surface area contributed by atoms with E-state index in [1.807, 2.05) is 30.3 Å². The molecular formula is C16H16N6O3. The van der Waals surface area contributed by atoms with Crippen molar-refractivity contribution in [1.29, 1.82) is 5.26 Å². The molecule has 0 unspecified atom stereocenters. The van der Waals surface area contributed by atoms with Gasteiger partial charge in [0.25, 0.3) is 5.91 Å². The van der Waals surface area contributed by atoms with Crippen molar-refractivity contribution in [3.05, 3.63) is 47.9 Å². The largest absolute Gasteiger partial charge is 0.461 e. The minimum atomic E-state index is -0.646. The van der Waals surface area contributed by atoms with Gasteiger partial charge in [-0.3, -0.25) is 10.2 Å². The summed E-state index contributed by atoms with van der Waals surface area (Å²) in [5.74, 6) is -1.21. The molecule has 3 N–H and O–H groups in total. The van der Waals surface area contributed by atoms with E-state index in [-0.39, 0.29) is 24.7 Å². The first kappa shape index (κ1) is 17.7. The molecule has 0 aliphatic carbocycles. The Bertz CT molecular complexity index is 807. The maximum atomic E-state index is 12.0. The van der Waals surface area contributed by atoms with Crippen LogP contribution in [0.15, 0.2) is 41.8 Å². The first-order chi connectivity index (χ1) is 12.2. The molecule has 2 aromatic rings. The highest BCUT2D eigenvalue weighted by molar-refractivity contribution is 6.45. The van der Waals surface area contributed by atoms with Gasteiger partial charge in [0.2, 0.25) is 5.71 Å². The lowest BCUT2D eigenvalue weighted by Gasteiger charge is -2.04. The Labute approximate surface area is 143 Å². The summed E-state index contributed by atoms with van der Waals surface area (Å²) in [7, 11) is 0. The molecule has 9 nitrogen and oxygen atoms in total. The third-order valence-corrected chi connectivity index (χ3v) is 3.01. The molecule has 25 heavy (non-hydrogen) atoms. The number of H-pyrrole nitrogens is 1. The molecule has 0 aliphatic rings. The molecule has 0 radical (unpaired) electrons. The second-order valence-corrected chi connectivity index (χ2v) is 4.70. The van der Waals surface area contributed by atoms with Crippen LogP contribution < -0.4 is 10.7 Å². The number of nitriles is 1. The number of esters is 1. The average molecular weight is 340 g/mol. The van der Waals surface area contributed by atoms with Crippen LogP contribution in [0.5, 0.6) is 0 Å². The lowest BCUT2D eigenvalue weighted by Crippen LogP contribution is -2.30. The molecule has 0 saturated heterocycles. The second kappa shape index (κ2) is 8.83. The van der Waals surface area contributed by atoms with Crippen molar-refractivity contribution in [3.63, 3.8) is 0 Å². The fourth-order valence-corrected chi connectivity index (χ4v) is 1.84. The lowest BCUT2D eigenvalue weighted by atomic mass is 10.2. The van der Waals surface area contributed by atoms with Crippen LogP contribution in [0.3, 0.4) is 0 Å². The summed E-state index contributed by atoms with van der Waals surface area (Å²) in [6, 6.07) is 10.9. The van der Waals surface area contributed by atoms with E-state index >= 15 is 0 Å². The Balaban J connectivity index is 2.01. The fourth-order valence-electron chi connectivity index (χ4n) is 1.84. The van der Waals surface area contributed by atoms with Crippen molar-refractivity contribution in [1.82, 2.24) is 15.3 Å². The van der Waals surface area contributed by atoms with Crippen LogP contribution in [-0.2, 0) is 16.1 Å². The van der Waals surface area contributed by atoms with E-state index in [0.717, 1.165) is 5.56 Å². The SMILES string of the molecule is CCOC(=O)c1[nH]cnc1N/N=C(/C#N)C(=O)NCc1ccccc1. The maximum Gasteiger partial charge on any atom is 0.358 e. The van der Waals surface area contributed by atoms with Gasteiger partial charge in [-0.05, 0) is 12.5 Å². The highest BCUT2D eigenvalue weighted by Gasteiger charge is 2.16. The summed E-state index contributed by atoms with van der Waals surface area (Å²) in [5, 5.41) is 15.4. The third kappa shape index (κ3) is 4.90. The Hall–Kier alpha value is -3.67. The number of aromatic nitrogens is 2. The molecule has 0 spiro atoms. The molecule has 9 heteroatoms. The number of hydrogen-bond acceptors (Lipinski definition) is 7. The Morgan fingerprint density at radius 1 is 1.36 bits per heavy atom. The predicted molar refractivity (Wildman–Crippen MR) is 89.5 cm³/mol. The molecule has 1 heterocycles. The number of amides is 1. The topological polar surface area (TPSA) is 132 Å². The van der Waals surface area contributed by atoms with Gasteiger partial charge in [-0.2, -0.15) is 10.4 Å². The number of ether oxygens (including phenoxy) is 1. The number of nitrogens with zero attached hydrogens (tertiary/aromatic N) is 3. The number of hydrazone groups is 1. The van der Waals surface area contributed by atoms with Gasteiger partial charge in [-0.25, -0.2) is 9.78 Å². The Morgan fingerprint density at radius 2 is 2.12 bits per heavy atom. The van der Waals surface area contributed by atoms with Crippen LogP contribution in [0.25, 0.3) is 0 Å². The zero-order valence-electron chi connectivity index (χ0n) is 13.4. The van der Waals surface area contributed by atoms with E-state index in [1.54, 1.807) is 13.0 Å². The maximum absolute atomic E-state index is 12.0. The summed E-state index contributed by atoms with van der Waals surface area (Å²) < 4.78 is 4.85. The van der Waals surface area contributed by atoms with Gasteiger partial charge in [-0.15, -0.1) is 0 Å². The number of nitrogens with one attached hydrogen (secondary N) is 3. The molecule has 0 saturated carbocycles. The number of carbonyl (C=O) groups excluding carboxylic acids is 2. The average Bonchev–Trinajstić information content (AvgIpc) is 3.10. The van der Waals surface area contributed by atoms with E-state index in [9.17, 15) is 9.59 Å². The van der Waals surface area contributed by atoms with Gasteiger partial charge in [0.1, 0.15) is 6.07 Å². The van der Waals surface area contributed by atoms with E-state index in [1.165, 1.54) is 6.33 Å². The van der Waals surface area contributed by atoms with Crippen LogP contribution in [0.1, 0.15) is 23.0 Å². The third-order valence-electron chi connectivity index (χ3n) is 3.01. The van der Waals surface area contributed by atoms with Crippen molar-refractivity contribution in [2.45, 2.75) is 13.5 Å². The molecule has 0 fully saturated rings. The van der Waals surface area contributed by atoms with Gasteiger partial charge in [0, 0.05) is 6.54 Å². The van der Waals surface area contributed by atoms with E-state index in [0.29, 0.717) is 0 Å². The fraction of sp³-hybridized carbons (Fsp3) is 0.188. The molecule has 1 aromatic carbocycles. The predicted octanol–water partition coefficient (Wildman–Crippen LogP) is 1.19. The highest BCUT2D eigenvalue weighted by Crippen LogP contribution is 2.10. The van der Waals surface area contributed by atoms with Gasteiger partial charge in [0.05, 0.1) is 12.9 Å². The summed E-state index contributed by atoms with van der Waals surface area (Å²) in [6.07, 6.45) is 1.27. The van der Waals surface area contributed by atoms with Gasteiger partial charge < -0.3 is 15.0 Å². The summed E-state index contributed by atoms with van der Waals surface area (Å²) in [4.78, 5) is 30.2. The molecule has 2 rings (SSSR count). The number of imidazole rings is 1. The zero-order chi connectivity index (χ0) is 18.1. The van der Waals surface area contributed by atoms with Crippen molar-refractivity contribution in [2.75, 3.05) is 12.0 Å². The number of hydrogen-bond donors (Lipinski definition) is 3. The van der Waals surface area contributed by atoms with E-state index in [4.69, 9.17) is 10.00 Å². The van der Waals surface area contributed by atoms with Crippen molar-refractivity contribution in [2.24, 2.45) is 5.10 Å². The molecule has 0 bridgehead atoms. The standard InChI is InChI=1S/C16H16N6O3/c1-2-25-16(24)13-14(20-10-19-13)22-21-12(8-17)15(23)18-9-11-6-4-3-5-7-11/h3-7,10,22H,2,9H2,1H3,(H,18,23)(H,19,20)/b21-12-. The number of anilines is 1. The van der Waals surface area contributed by atoms with E-state index < -0.39 is 17.6 Å². The van der Waals surface area contributed by atoms with Gasteiger partial charge in [0.15, 0.2) is 11.5 Å². The molecule has 0 atom stereocenters. The van der Waals surface area contributed by atoms with Crippen molar-refractivity contribution in [3.8, 4) is 6.07 Å². The molecule has 0 aliphatic heterocycles. The van der Waals surface area contributed by atoms with Crippen LogP contribution >= 0.6 is 0 Å². The first-order valence-electron chi connectivity index (χ1n) is 7.42. The molecular weight excluding hydrogens is 324 g/mol. The van der Waals surface area contributed by atoms with Crippen molar-refractivity contribution < 1.29 is 14.3 Å². The van der Waals surface area contributed by atoms with Crippen LogP contribution in [0, 0.1) is 11.3 Å².